The van der Waals surface area contributed by atoms with Crippen LogP contribution in [0.4, 0.5) is 0 Å². The van der Waals surface area contributed by atoms with Crippen LogP contribution in [0.25, 0.3) is 5.57 Å². The van der Waals surface area contributed by atoms with Crippen LogP contribution in [0.3, 0.4) is 0 Å². The maximum absolute atomic E-state index is 8.73. The molecule has 322 valence electrons. The van der Waals surface area contributed by atoms with E-state index in [1.165, 1.54) is 159 Å². The van der Waals surface area contributed by atoms with Gasteiger partial charge in [0.25, 0.3) is 0 Å². The molecule has 0 spiro atoms. The van der Waals surface area contributed by atoms with E-state index in [4.69, 9.17) is 23.2 Å². The molecule has 0 aromatic heterocycles. The molecule has 2 aromatic rings. The highest BCUT2D eigenvalue weighted by atomic mass is 35.5. The summed E-state index contributed by atoms with van der Waals surface area (Å²) >= 11 is 16.5. The van der Waals surface area contributed by atoms with Crippen LogP contribution >= 0.6 is 31.1 Å². The van der Waals surface area contributed by atoms with Crippen molar-refractivity contribution in [2.24, 2.45) is 0 Å². The average molecular weight is 856 g/mol. The fourth-order valence-corrected chi connectivity index (χ4v) is 18.1. The van der Waals surface area contributed by atoms with Crippen molar-refractivity contribution < 1.29 is 0 Å². The summed E-state index contributed by atoms with van der Waals surface area (Å²) in [5, 5.41) is 10.4. The topological polar surface area (TPSA) is 24.1 Å². The summed E-state index contributed by atoms with van der Waals surface area (Å²) in [6, 6.07) is 10.2. The summed E-state index contributed by atoms with van der Waals surface area (Å²) in [5.74, 6) is 1.15. The quantitative estimate of drug-likeness (QED) is 0.208. The van der Waals surface area contributed by atoms with E-state index in [1.807, 2.05) is 0 Å². The van der Waals surface area contributed by atoms with E-state index >= 15 is 0 Å². The number of rotatable bonds is 12. The molecular formula is C54H77Cl2N2P. The molecule has 4 unspecified atom stereocenters. The van der Waals surface area contributed by atoms with Gasteiger partial charge in [0.05, 0.1) is 5.41 Å². The average Bonchev–Trinajstić information content (AvgIpc) is 3.62. The first-order valence-electron chi connectivity index (χ1n) is 24.2. The molecular weight excluding hydrogens is 778 g/mol. The SMILES string of the molecule is CCCCC1NC(=C2C(c3c(C)cc(C)cc3C)=C(Cl)C=CC2(C(Cl)=C2CCCCC2P(C2CCCCC2)C2CCCCC2)c2c(C)cc(C)cc2C)NC1CCCC. The molecule has 2 N–H and O–H groups in total. The first-order valence-corrected chi connectivity index (χ1v) is 26.5. The summed E-state index contributed by atoms with van der Waals surface area (Å²) < 4.78 is 0. The lowest BCUT2D eigenvalue weighted by atomic mass is 9.63. The first kappa shape index (κ1) is 45.0. The van der Waals surface area contributed by atoms with Gasteiger partial charge in [-0.2, -0.15) is 0 Å². The van der Waals surface area contributed by atoms with E-state index in [0.29, 0.717) is 17.7 Å². The van der Waals surface area contributed by atoms with E-state index < -0.39 is 5.41 Å². The molecule has 3 saturated carbocycles. The molecule has 2 aromatic carbocycles. The molecule has 0 amide bonds. The monoisotopic (exact) mass is 855 g/mol. The van der Waals surface area contributed by atoms with Crippen molar-refractivity contribution in [1.29, 1.82) is 0 Å². The number of nitrogens with one attached hydrogen (secondary N) is 2. The van der Waals surface area contributed by atoms with Crippen molar-refractivity contribution in [2.75, 3.05) is 0 Å². The molecule has 4 aliphatic carbocycles. The largest absolute Gasteiger partial charge is 0.367 e. The Labute approximate surface area is 371 Å². The zero-order chi connectivity index (χ0) is 41.8. The van der Waals surface area contributed by atoms with Crippen LogP contribution in [0.2, 0.25) is 0 Å². The molecule has 1 heterocycles. The number of benzene rings is 2. The lowest BCUT2D eigenvalue weighted by molar-refractivity contribution is 0.432. The lowest BCUT2D eigenvalue weighted by Crippen LogP contribution is -2.38. The minimum atomic E-state index is -0.712. The third kappa shape index (κ3) is 9.24. The molecule has 0 bridgehead atoms. The standard InChI is InChI=1S/C54H77Cl2N2P/c1-9-11-26-45-46(27-12-10-2)58-53(57-45)51-49(48-37(5)31-35(3)32-38(48)6)44(55)29-30-54(51,50-39(7)33-36(4)34-40(50)8)52(56)43-25-19-20-28-47(43)59(41-21-15-13-16-22-41)42-23-17-14-18-24-42/h29-34,41-42,45-47,57-58H,9-28H2,1-8H3. The van der Waals surface area contributed by atoms with Gasteiger partial charge in [0.15, 0.2) is 0 Å². The van der Waals surface area contributed by atoms with E-state index in [9.17, 15) is 0 Å². The molecule has 0 radical (unpaired) electrons. The van der Waals surface area contributed by atoms with Crippen LogP contribution in [-0.4, -0.2) is 29.1 Å². The summed E-state index contributed by atoms with van der Waals surface area (Å²) in [6.45, 7) is 18.4. The Kier molecular flexibility index (Phi) is 15.3. The summed E-state index contributed by atoms with van der Waals surface area (Å²) in [5.41, 5.74) is 16.0. The zero-order valence-corrected chi connectivity index (χ0v) is 40.6. The van der Waals surface area contributed by atoms with Crippen LogP contribution in [-0.2, 0) is 5.41 Å². The number of hydrogen-bond acceptors (Lipinski definition) is 2. The second-order valence-electron chi connectivity index (χ2n) is 19.6. The van der Waals surface area contributed by atoms with Crippen molar-refractivity contribution in [3.63, 3.8) is 0 Å². The van der Waals surface area contributed by atoms with Gasteiger partial charge in [-0.05, 0) is 156 Å². The van der Waals surface area contributed by atoms with Gasteiger partial charge in [0, 0.05) is 39.0 Å². The van der Waals surface area contributed by atoms with Crippen molar-refractivity contribution in [1.82, 2.24) is 10.6 Å². The van der Waals surface area contributed by atoms with E-state index in [-0.39, 0.29) is 7.92 Å². The Morgan fingerprint density at radius 3 is 1.68 bits per heavy atom. The highest BCUT2D eigenvalue weighted by molar-refractivity contribution is 7.60. The number of allylic oxidation sites excluding steroid dienone is 7. The normalized spacial score (nSPS) is 26.8. The number of halogens is 2. The van der Waals surface area contributed by atoms with Crippen molar-refractivity contribution in [3.05, 3.63) is 108 Å². The minimum Gasteiger partial charge on any atom is -0.367 e. The van der Waals surface area contributed by atoms with E-state index in [1.54, 1.807) is 5.57 Å². The fraction of sp³-hybridized carbons (Fsp3) is 0.630. The Morgan fingerprint density at radius 2 is 1.17 bits per heavy atom. The van der Waals surface area contributed by atoms with Crippen LogP contribution in [0.5, 0.6) is 0 Å². The summed E-state index contributed by atoms with van der Waals surface area (Å²) in [4.78, 5) is 0. The van der Waals surface area contributed by atoms with Gasteiger partial charge in [-0.15, -0.1) is 0 Å². The fourth-order valence-electron chi connectivity index (χ4n) is 12.7. The van der Waals surface area contributed by atoms with Gasteiger partial charge >= 0.3 is 0 Å². The molecule has 5 aliphatic rings. The first-order chi connectivity index (χ1) is 28.5. The number of hydrogen-bond donors (Lipinski definition) is 2. The highest BCUT2D eigenvalue weighted by Gasteiger charge is 2.50. The van der Waals surface area contributed by atoms with Crippen LogP contribution in [0.15, 0.2) is 63.4 Å². The third-order valence-electron chi connectivity index (χ3n) is 15.1. The maximum atomic E-state index is 8.73. The Bertz CT molecular complexity index is 1860. The second kappa shape index (κ2) is 20.0. The van der Waals surface area contributed by atoms with Crippen molar-refractivity contribution >= 4 is 36.7 Å². The van der Waals surface area contributed by atoms with Gasteiger partial charge < -0.3 is 10.6 Å². The van der Waals surface area contributed by atoms with E-state index in [0.717, 1.165) is 52.0 Å². The minimum absolute atomic E-state index is 0.202. The number of aryl methyl sites for hydroxylation is 6. The van der Waals surface area contributed by atoms with Gasteiger partial charge in [0.2, 0.25) is 0 Å². The second-order valence-corrected chi connectivity index (χ2v) is 23.3. The predicted molar refractivity (Wildman–Crippen MR) is 261 cm³/mol. The maximum Gasteiger partial charge on any atom is 0.105 e. The molecule has 59 heavy (non-hydrogen) atoms. The van der Waals surface area contributed by atoms with Crippen LogP contribution < -0.4 is 10.6 Å². The van der Waals surface area contributed by atoms with Gasteiger partial charge in [0.1, 0.15) is 5.82 Å². The third-order valence-corrected chi connectivity index (χ3v) is 19.9. The Morgan fingerprint density at radius 1 is 0.678 bits per heavy atom. The molecule has 4 fully saturated rings. The van der Waals surface area contributed by atoms with E-state index in [2.05, 4.69) is 102 Å². The van der Waals surface area contributed by atoms with Crippen molar-refractivity contribution in [2.45, 2.75) is 218 Å². The Hall–Kier alpha value is -1.99. The van der Waals surface area contributed by atoms with Gasteiger partial charge in [-0.25, -0.2) is 0 Å². The predicted octanol–water partition coefficient (Wildman–Crippen LogP) is 16.1. The van der Waals surface area contributed by atoms with Crippen molar-refractivity contribution in [3.8, 4) is 0 Å². The lowest BCUT2D eigenvalue weighted by Gasteiger charge is -2.48. The molecule has 2 nitrogen and oxygen atoms in total. The van der Waals surface area contributed by atoms with Gasteiger partial charge in [-0.1, -0.05) is 157 Å². The van der Waals surface area contributed by atoms with Crippen LogP contribution in [0, 0.1) is 41.5 Å². The molecule has 1 aliphatic heterocycles. The molecule has 1 saturated heterocycles. The molecule has 4 atom stereocenters. The summed E-state index contributed by atoms with van der Waals surface area (Å²) in [6.07, 6.45) is 31.0. The summed E-state index contributed by atoms with van der Waals surface area (Å²) in [7, 11) is -0.202. The number of unbranched alkanes of at least 4 members (excludes halogenated alkanes) is 2. The zero-order valence-electron chi connectivity index (χ0n) is 38.2. The van der Waals surface area contributed by atoms with Gasteiger partial charge in [-0.3, -0.25) is 0 Å². The Balaban J connectivity index is 1.56. The molecule has 5 heteroatoms. The smallest absolute Gasteiger partial charge is 0.105 e. The molecule has 7 rings (SSSR count). The van der Waals surface area contributed by atoms with Crippen LogP contribution in [0.1, 0.15) is 187 Å². The highest BCUT2D eigenvalue weighted by Crippen LogP contribution is 2.65.